The van der Waals surface area contributed by atoms with Crippen molar-refractivity contribution >= 4 is 22.8 Å². The normalized spacial score (nSPS) is 17.5. The molecule has 0 spiro atoms. The first-order valence-corrected chi connectivity index (χ1v) is 14.2. The van der Waals surface area contributed by atoms with Crippen molar-refractivity contribution in [2.24, 2.45) is 0 Å². The number of pyridine rings is 2. The van der Waals surface area contributed by atoms with Crippen molar-refractivity contribution in [2.45, 2.75) is 71.3 Å². The van der Waals surface area contributed by atoms with Crippen LogP contribution in [0, 0.1) is 6.92 Å². The van der Waals surface area contributed by atoms with E-state index < -0.39 is 17.5 Å². The molecule has 10 heteroatoms. The number of nitrogens with one attached hydrogen (secondary N) is 1. The fourth-order valence-electron chi connectivity index (χ4n) is 6.07. The molecule has 5 heterocycles. The van der Waals surface area contributed by atoms with Crippen LogP contribution in [0.1, 0.15) is 67.6 Å². The van der Waals surface area contributed by atoms with Gasteiger partial charge in [-0.05, 0) is 99.0 Å². The number of amides is 1. The first-order chi connectivity index (χ1) is 19.9. The Labute approximate surface area is 242 Å². The Morgan fingerprint density at radius 3 is 2.64 bits per heavy atom. The number of aromatic nitrogens is 3. The number of fused-ring (bicyclic) bond motifs is 2. The summed E-state index contributed by atoms with van der Waals surface area (Å²) < 4.78 is 46.1. The molecule has 6 rings (SSSR count). The van der Waals surface area contributed by atoms with Crippen LogP contribution in [0.4, 0.5) is 23.7 Å². The van der Waals surface area contributed by atoms with Gasteiger partial charge in [-0.2, -0.15) is 13.2 Å². The van der Waals surface area contributed by atoms with Gasteiger partial charge in [0.2, 0.25) is 0 Å². The topological polar surface area (TPSA) is 74.3 Å². The van der Waals surface area contributed by atoms with Crippen LogP contribution in [0.2, 0.25) is 0 Å². The number of H-pyrrole nitrogens is 1. The number of likely N-dealkylation sites (tertiary alicyclic amines) is 1. The highest BCUT2D eigenvalue weighted by Crippen LogP contribution is 2.41. The fraction of sp³-hybridized carbons (Fsp3) is 0.406. The van der Waals surface area contributed by atoms with Crippen LogP contribution in [0.5, 0.6) is 0 Å². The second-order valence-electron chi connectivity index (χ2n) is 12.2. The monoisotopic (exact) mass is 577 g/mol. The number of hydrogen-bond donors (Lipinski definition) is 1. The zero-order valence-electron chi connectivity index (χ0n) is 24.2. The minimum absolute atomic E-state index is 0.206. The lowest BCUT2D eigenvalue weighted by Gasteiger charge is -2.36. The van der Waals surface area contributed by atoms with Gasteiger partial charge in [0, 0.05) is 54.9 Å². The second-order valence-corrected chi connectivity index (χ2v) is 12.2. The summed E-state index contributed by atoms with van der Waals surface area (Å²) in [5.41, 5.74) is 6.04. The summed E-state index contributed by atoms with van der Waals surface area (Å²) in [5.74, 6) is 0. The maximum atomic E-state index is 13.4. The predicted octanol–water partition coefficient (Wildman–Crippen LogP) is 7.59. The molecule has 1 N–H and O–H groups in total. The Balaban J connectivity index is 1.43. The molecule has 0 saturated carbocycles. The quantitative estimate of drug-likeness (QED) is 0.272. The molecule has 1 fully saturated rings. The van der Waals surface area contributed by atoms with Crippen LogP contribution < -0.4 is 4.90 Å². The molecular formula is C32H34F3N5O2. The number of alkyl halides is 3. The molecule has 4 aromatic rings. The van der Waals surface area contributed by atoms with E-state index in [0.717, 1.165) is 63.3 Å². The van der Waals surface area contributed by atoms with E-state index in [1.54, 1.807) is 11.0 Å². The zero-order valence-corrected chi connectivity index (χ0v) is 24.2. The van der Waals surface area contributed by atoms with Gasteiger partial charge in [-0.15, -0.1) is 0 Å². The Morgan fingerprint density at radius 1 is 1.07 bits per heavy atom. The first-order valence-electron chi connectivity index (χ1n) is 14.2. The number of rotatable bonds is 3. The summed E-state index contributed by atoms with van der Waals surface area (Å²) in [4.78, 5) is 28.4. The summed E-state index contributed by atoms with van der Waals surface area (Å²) in [6.45, 7) is 9.17. The number of ether oxygens (including phenoxy) is 1. The van der Waals surface area contributed by atoms with Gasteiger partial charge in [0.05, 0.1) is 6.04 Å². The number of hydrogen-bond acceptors (Lipinski definition) is 5. The lowest BCUT2D eigenvalue weighted by atomic mass is 9.86. The van der Waals surface area contributed by atoms with Crippen molar-refractivity contribution < 1.29 is 22.7 Å². The van der Waals surface area contributed by atoms with Crippen LogP contribution in [0.3, 0.4) is 0 Å². The van der Waals surface area contributed by atoms with Crippen LogP contribution in [-0.4, -0.2) is 44.6 Å². The molecule has 0 bridgehead atoms. The van der Waals surface area contributed by atoms with E-state index in [2.05, 4.69) is 33.2 Å². The van der Waals surface area contributed by atoms with Crippen molar-refractivity contribution in [3.63, 3.8) is 0 Å². The van der Waals surface area contributed by atoms with Crippen LogP contribution in [0.15, 0.2) is 48.9 Å². The zero-order chi connectivity index (χ0) is 29.8. The van der Waals surface area contributed by atoms with Crippen molar-refractivity contribution in [1.82, 2.24) is 19.9 Å². The maximum absolute atomic E-state index is 13.4. The lowest BCUT2D eigenvalue weighted by Crippen LogP contribution is -2.37. The molecule has 0 radical (unpaired) electrons. The SMILES string of the molecule is Cc1c[nH]c2ncc(-c3cc4c(c([C@@H]5CCCN5C(=O)OC(C)(C)C)c3)CN(c3ccnc(C(F)(F)F)c3)CC4)cc12. The minimum Gasteiger partial charge on any atom is -0.444 e. The number of aryl methyl sites for hydroxylation is 1. The summed E-state index contributed by atoms with van der Waals surface area (Å²) in [5, 5.41) is 1.05. The van der Waals surface area contributed by atoms with Gasteiger partial charge in [-0.1, -0.05) is 6.07 Å². The number of carbonyl (C=O) groups is 1. The Bertz CT molecular complexity index is 1660. The number of nitrogens with zero attached hydrogens (tertiary/aromatic N) is 4. The van der Waals surface area contributed by atoms with E-state index in [1.165, 1.54) is 6.20 Å². The van der Waals surface area contributed by atoms with Gasteiger partial charge in [0.1, 0.15) is 16.9 Å². The van der Waals surface area contributed by atoms with Gasteiger partial charge in [0.15, 0.2) is 0 Å². The molecule has 0 aliphatic carbocycles. The van der Waals surface area contributed by atoms with Gasteiger partial charge < -0.3 is 19.5 Å². The van der Waals surface area contributed by atoms with E-state index in [9.17, 15) is 18.0 Å². The number of anilines is 1. The first kappa shape index (κ1) is 28.1. The summed E-state index contributed by atoms with van der Waals surface area (Å²) in [7, 11) is 0. The highest BCUT2D eigenvalue weighted by atomic mass is 19.4. The van der Waals surface area contributed by atoms with E-state index in [-0.39, 0.29) is 12.1 Å². The van der Waals surface area contributed by atoms with E-state index in [4.69, 9.17) is 4.74 Å². The summed E-state index contributed by atoms with van der Waals surface area (Å²) >= 11 is 0. The van der Waals surface area contributed by atoms with E-state index in [1.807, 2.05) is 45.0 Å². The molecule has 1 saturated heterocycles. The number of halogens is 3. The van der Waals surface area contributed by atoms with Gasteiger partial charge >= 0.3 is 12.3 Å². The Morgan fingerprint density at radius 2 is 1.88 bits per heavy atom. The standard InChI is InChI=1S/C32H34F3N5O2/c1-19-16-37-29-24(19)14-22(17-38-29)21-12-20-8-11-39(23-7-9-36-28(15-23)32(33,34)35)18-26(20)25(13-21)27-6-5-10-40(27)30(41)42-31(2,3)4/h7,9,12-17,27H,5-6,8,10-11,18H2,1-4H3,(H,37,38)/t27-/m0/s1. The molecule has 3 aromatic heterocycles. The van der Waals surface area contributed by atoms with Gasteiger partial charge in [-0.3, -0.25) is 4.98 Å². The smallest absolute Gasteiger partial charge is 0.433 e. The molecule has 220 valence electrons. The number of aromatic amines is 1. The van der Waals surface area contributed by atoms with E-state index >= 15 is 0 Å². The average Bonchev–Trinajstić information content (AvgIpc) is 3.58. The molecule has 2 aliphatic heterocycles. The van der Waals surface area contributed by atoms with Crippen molar-refractivity contribution in [1.29, 1.82) is 0 Å². The molecular weight excluding hydrogens is 543 g/mol. The molecule has 2 aliphatic rings. The highest BCUT2D eigenvalue weighted by Gasteiger charge is 2.37. The third-order valence-corrected chi connectivity index (χ3v) is 8.09. The molecule has 1 aromatic carbocycles. The van der Waals surface area contributed by atoms with Gasteiger partial charge in [-0.25, -0.2) is 9.78 Å². The highest BCUT2D eigenvalue weighted by molar-refractivity contribution is 5.84. The van der Waals surface area contributed by atoms with Gasteiger partial charge in [0.25, 0.3) is 0 Å². The van der Waals surface area contributed by atoms with Crippen LogP contribution in [-0.2, 0) is 23.9 Å². The maximum Gasteiger partial charge on any atom is 0.433 e. The molecule has 0 unspecified atom stereocenters. The van der Waals surface area contributed by atoms with Crippen molar-refractivity contribution in [3.8, 4) is 11.1 Å². The average molecular weight is 578 g/mol. The molecule has 1 atom stereocenters. The van der Waals surface area contributed by atoms with Crippen LogP contribution in [0.25, 0.3) is 22.2 Å². The lowest BCUT2D eigenvalue weighted by molar-refractivity contribution is -0.141. The fourth-order valence-corrected chi connectivity index (χ4v) is 6.07. The number of carbonyl (C=O) groups excluding carboxylic acids is 1. The third kappa shape index (κ3) is 5.42. The summed E-state index contributed by atoms with van der Waals surface area (Å²) in [6, 6.07) is 8.96. The van der Waals surface area contributed by atoms with Crippen molar-refractivity contribution in [2.75, 3.05) is 18.0 Å². The Hall–Kier alpha value is -4.08. The molecule has 1 amide bonds. The predicted molar refractivity (Wildman–Crippen MR) is 155 cm³/mol. The van der Waals surface area contributed by atoms with Crippen LogP contribution >= 0.6 is 0 Å². The molecule has 42 heavy (non-hydrogen) atoms. The largest absolute Gasteiger partial charge is 0.444 e. The molecule has 7 nitrogen and oxygen atoms in total. The minimum atomic E-state index is -4.52. The summed E-state index contributed by atoms with van der Waals surface area (Å²) in [6.07, 6.45) is 2.40. The van der Waals surface area contributed by atoms with Crippen molar-refractivity contribution in [3.05, 3.63) is 76.9 Å². The number of benzene rings is 1. The third-order valence-electron chi connectivity index (χ3n) is 8.09. The Kier molecular flexibility index (Phi) is 6.90. The second kappa shape index (κ2) is 10.3. The van der Waals surface area contributed by atoms with E-state index in [0.29, 0.717) is 31.7 Å².